The fourth-order valence-electron chi connectivity index (χ4n) is 2.92. The summed E-state index contributed by atoms with van der Waals surface area (Å²) in [5.74, 6) is 2.02. The number of rotatable bonds is 7. The molecule has 1 amide bonds. The molecule has 3 rings (SSSR count). The third kappa shape index (κ3) is 4.04. The first-order valence-electron chi connectivity index (χ1n) is 8.95. The van der Waals surface area contributed by atoms with Gasteiger partial charge in [-0.25, -0.2) is 4.98 Å². The first-order valence-corrected chi connectivity index (χ1v) is 8.95. The highest BCUT2D eigenvalue weighted by Gasteiger charge is 2.13. The van der Waals surface area contributed by atoms with Gasteiger partial charge in [0.1, 0.15) is 11.6 Å². The number of hydrogen-bond acceptors (Lipinski definition) is 3. The van der Waals surface area contributed by atoms with E-state index in [0.717, 1.165) is 29.8 Å². The molecule has 136 valence electrons. The Balaban J connectivity index is 1.79. The molecule has 0 atom stereocenters. The van der Waals surface area contributed by atoms with Gasteiger partial charge in [0.2, 0.25) is 0 Å². The molecule has 1 aromatic heterocycles. The lowest BCUT2D eigenvalue weighted by molar-refractivity contribution is 0.0949. The molecule has 0 aliphatic rings. The summed E-state index contributed by atoms with van der Waals surface area (Å²) in [6.45, 7) is 5.71. The smallest absolute Gasteiger partial charge is 0.251 e. The predicted octanol–water partition coefficient (Wildman–Crippen LogP) is 4.02. The van der Waals surface area contributed by atoms with Gasteiger partial charge in [-0.1, -0.05) is 32.0 Å². The second-order valence-electron chi connectivity index (χ2n) is 6.77. The van der Waals surface area contributed by atoms with Crippen molar-refractivity contribution in [2.24, 2.45) is 5.92 Å². The van der Waals surface area contributed by atoms with E-state index in [4.69, 9.17) is 9.72 Å². The Bertz CT molecular complexity index is 899. The van der Waals surface area contributed by atoms with E-state index in [9.17, 15) is 4.79 Å². The van der Waals surface area contributed by atoms with Crippen molar-refractivity contribution in [3.63, 3.8) is 0 Å². The molecule has 0 unspecified atom stereocenters. The van der Waals surface area contributed by atoms with Crippen molar-refractivity contribution in [2.75, 3.05) is 7.11 Å². The number of aromatic nitrogens is 2. The molecule has 0 spiro atoms. The first-order chi connectivity index (χ1) is 12.6. The molecule has 0 fully saturated rings. The van der Waals surface area contributed by atoms with Crippen molar-refractivity contribution in [3.8, 4) is 5.75 Å². The molecule has 0 saturated heterocycles. The van der Waals surface area contributed by atoms with Gasteiger partial charge < -0.3 is 14.6 Å². The average molecular weight is 351 g/mol. The van der Waals surface area contributed by atoms with Gasteiger partial charge in [-0.3, -0.25) is 4.79 Å². The van der Waals surface area contributed by atoms with Crippen molar-refractivity contribution in [2.45, 2.75) is 33.4 Å². The highest BCUT2D eigenvalue weighted by Crippen LogP contribution is 2.18. The zero-order chi connectivity index (χ0) is 18.5. The summed E-state index contributed by atoms with van der Waals surface area (Å²) in [5, 5.41) is 2.98. The SMILES string of the molecule is COc1cccc(C(=O)NCc2nc3ccccc3n2CCC(C)C)c1. The number of hydrogen-bond donors (Lipinski definition) is 1. The summed E-state index contributed by atoms with van der Waals surface area (Å²) in [6, 6.07) is 15.2. The van der Waals surface area contributed by atoms with Gasteiger partial charge in [0.25, 0.3) is 5.91 Å². The summed E-state index contributed by atoms with van der Waals surface area (Å²) in [6.07, 6.45) is 1.07. The number of para-hydroxylation sites is 2. The summed E-state index contributed by atoms with van der Waals surface area (Å²) in [4.78, 5) is 17.2. The fraction of sp³-hybridized carbons (Fsp3) is 0.333. The zero-order valence-corrected chi connectivity index (χ0v) is 15.5. The average Bonchev–Trinajstić information content (AvgIpc) is 3.02. The van der Waals surface area contributed by atoms with E-state index in [1.54, 1.807) is 19.2 Å². The van der Waals surface area contributed by atoms with Crippen molar-refractivity contribution in [1.82, 2.24) is 14.9 Å². The third-order valence-electron chi connectivity index (χ3n) is 4.40. The maximum absolute atomic E-state index is 12.5. The molecule has 0 aliphatic carbocycles. The highest BCUT2D eigenvalue weighted by molar-refractivity contribution is 5.94. The number of fused-ring (bicyclic) bond motifs is 1. The van der Waals surface area contributed by atoms with Crippen LogP contribution in [0.3, 0.4) is 0 Å². The standard InChI is InChI=1S/C21H25N3O2/c1-15(2)11-12-24-19-10-5-4-9-18(19)23-20(24)14-22-21(25)16-7-6-8-17(13-16)26-3/h4-10,13,15H,11-12,14H2,1-3H3,(H,22,25). The molecule has 0 radical (unpaired) electrons. The van der Waals surface area contributed by atoms with Crippen LogP contribution in [0.5, 0.6) is 5.75 Å². The second kappa shape index (κ2) is 8.04. The Morgan fingerprint density at radius 2 is 2.00 bits per heavy atom. The van der Waals surface area contributed by atoms with E-state index < -0.39 is 0 Å². The van der Waals surface area contributed by atoms with Crippen LogP contribution in [0.1, 0.15) is 36.5 Å². The highest BCUT2D eigenvalue weighted by atomic mass is 16.5. The third-order valence-corrected chi connectivity index (χ3v) is 4.40. The van der Waals surface area contributed by atoms with Gasteiger partial charge in [0.15, 0.2) is 0 Å². The molecule has 3 aromatic rings. The number of methoxy groups -OCH3 is 1. The predicted molar refractivity (Wildman–Crippen MR) is 103 cm³/mol. The molecule has 1 N–H and O–H groups in total. The minimum Gasteiger partial charge on any atom is -0.497 e. The molecule has 1 heterocycles. The molecule has 2 aromatic carbocycles. The molecule has 26 heavy (non-hydrogen) atoms. The van der Waals surface area contributed by atoms with Crippen molar-refractivity contribution in [3.05, 3.63) is 59.9 Å². The maximum atomic E-state index is 12.5. The van der Waals surface area contributed by atoms with Crippen molar-refractivity contribution in [1.29, 1.82) is 0 Å². The van der Waals surface area contributed by atoms with Gasteiger partial charge >= 0.3 is 0 Å². The topological polar surface area (TPSA) is 56.1 Å². The molecule has 0 saturated carbocycles. The minimum atomic E-state index is -0.133. The van der Waals surface area contributed by atoms with Crippen LogP contribution >= 0.6 is 0 Å². The lowest BCUT2D eigenvalue weighted by Gasteiger charge is -2.12. The molecular formula is C21H25N3O2. The Morgan fingerprint density at radius 1 is 1.19 bits per heavy atom. The van der Waals surface area contributed by atoms with Crippen LogP contribution in [0.4, 0.5) is 0 Å². The van der Waals surface area contributed by atoms with Crippen LogP contribution < -0.4 is 10.1 Å². The van der Waals surface area contributed by atoms with Gasteiger partial charge in [0, 0.05) is 12.1 Å². The van der Waals surface area contributed by atoms with Crippen LogP contribution in [0.15, 0.2) is 48.5 Å². The summed E-state index contributed by atoms with van der Waals surface area (Å²) >= 11 is 0. The van der Waals surface area contributed by atoms with E-state index in [1.165, 1.54) is 0 Å². The summed E-state index contributed by atoms with van der Waals surface area (Å²) < 4.78 is 7.39. The van der Waals surface area contributed by atoms with E-state index in [2.05, 4.69) is 29.8 Å². The number of benzene rings is 2. The van der Waals surface area contributed by atoms with Crippen molar-refractivity contribution >= 4 is 16.9 Å². The van der Waals surface area contributed by atoms with Crippen molar-refractivity contribution < 1.29 is 9.53 Å². The van der Waals surface area contributed by atoms with E-state index in [-0.39, 0.29) is 5.91 Å². The Labute approximate surface area is 154 Å². The molecular weight excluding hydrogens is 326 g/mol. The number of nitrogens with zero attached hydrogens (tertiary/aromatic N) is 2. The number of imidazole rings is 1. The molecule has 0 bridgehead atoms. The van der Waals surface area contributed by atoms with Gasteiger partial charge in [-0.2, -0.15) is 0 Å². The lowest BCUT2D eigenvalue weighted by Crippen LogP contribution is -2.25. The molecule has 5 nitrogen and oxygen atoms in total. The summed E-state index contributed by atoms with van der Waals surface area (Å²) in [5.41, 5.74) is 2.65. The number of carbonyl (C=O) groups is 1. The fourth-order valence-corrected chi connectivity index (χ4v) is 2.92. The van der Waals surface area contributed by atoms with Crippen LogP contribution in [-0.4, -0.2) is 22.6 Å². The first kappa shape index (κ1) is 18.0. The maximum Gasteiger partial charge on any atom is 0.251 e. The van der Waals surface area contributed by atoms with Gasteiger partial charge in [-0.05, 0) is 42.7 Å². The van der Waals surface area contributed by atoms with Crippen LogP contribution in [0.2, 0.25) is 0 Å². The molecule has 0 aliphatic heterocycles. The quantitative estimate of drug-likeness (QED) is 0.699. The Morgan fingerprint density at radius 3 is 2.77 bits per heavy atom. The van der Waals surface area contributed by atoms with Crippen LogP contribution in [0.25, 0.3) is 11.0 Å². The lowest BCUT2D eigenvalue weighted by atomic mass is 10.1. The van der Waals surface area contributed by atoms with E-state index >= 15 is 0 Å². The zero-order valence-electron chi connectivity index (χ0n) is 15.5. The number of nitrogens with one attached hydrogen (secondary N) is 1. The van der Waals surface area contributed by atoms with Crippen LogP contribution in [0, 0.1) is 5.92 Å². The Kier molecular flexibility index (Phi) is 5.56. The largest absolute Gasteiger partial charge is 0.497 e. The number of carbonyl (C=O) groups excluding carboxylic acids is 1. The minimum absolute atomic E-state index is 0.133. The normalized spacial score (nSPS) is 11.1. The van der Waals surface area contributed by atoms with Gasteiger partial charge in [-0.15, -0.1) is 0 Å². The number of ether oxygens (including phenoxy) is 1. The number of aryl methyl sites for hydroxylation is 1. The van der Waals surface area contributed by atoms with E-state index in [0.29, 0.717) is 23.8 Å². The second-order valence-corrected chi connectivity index (χ2v) is 6.77. The monoisotopic (exact) mass is 351 g/mol. The van der Waals surface area contributed by atoms with Gasteiger partial charge in [0.05, 0.1) is 24.7 Å². The molecule has 5 heteroatoms. The Hall–Kier alpha value is -2.82. The summed E-state index contributed by atoms with van der Waals surface area (Å²) in [7, 11) is 1.59. The van der Waals surface area contributed by atoms with E-state index in [1.807, 2.05) is 30.3 Å². The number of amides is 1. The van der Waals surface area contributed by atoms with Crippen LogP contribution in [-0.2, 0) is 13.1 Å².